The number of anilines is 1. The maximum absolute atomic E-state index is 12.4. The Morgan fingerprint density at radius 3 is 2.41 bits per heavy atom. The lowest BCUT2D eigenvalue weighted by molar-refractivity contribution is -0.137. The Balaban J connectivity index is 2.18. The second-order valence-electron chi connectivity index (χ2n) is 4.19. The molecule has 2 rings (SSSR count). The first-order valence-electron chi connectivity index (χ1n) is 5.52. The molecule has 0 N–H and O–H groups in total. The Bertz CT molecular complexity index is 374. The third-order valence-corrected chi connectivity index (χ3v) is 3.44. The van der Waals surface area contributed by atoms with Crippen molar-refractivity contribution in [2.75, 3.05) is 17.3 Å². The van der Waals surface area contributed by atoms with Crippen LogP contribution in [0.4, 0.5) is 18.9 Å². The fraction of sp³-hybridized carbons (Fsp3) is 0.500. The van der Waals surface area contributed by atoms with Gasteiger partial charge in [-0.05, 0) is 37.1 Å². The molecule has 1 aliphatic heterocycles. The highest BCUT2D eigenvalue weighted by molar-refractivity contribution is 6.18. The average molecular weight is 264 g/mol. The van der Waals surface area contributed by atoms with Crippen LogP contribution in [0.25, 0.3) is 0 Å². The molecule has 0 aromatic heterocycles. The fourth-order valence-electron chi connectivity index (χ4n) is 2.18. The molecule has 1 saturated heterocycles. The predicted molar refractivity (Wildman–Crippen MR) is 62.5 cm³/mol. The van der Waals surface area contributed by atoms with E-state index in [4.69, 9.17) is 11.6 Å². The molecular formula is C12H13ClF3N. The maximum Gasteiger partial charge on any atom is 0.416 e. The number of halogens is 4. The Labute approximate surface area is 103 Å². The van der Waals surface area contributed by atoms with Gasteiger partial charge in [-0.3, -0.25) is 0 Å². The lowest BCUT2D eigenvalue weighted by atomic mass is 10.1. The summed E-state index contributed by atoms with van der Waals surface area (Å²) >= 11 is 5.83. The topological polar surface area (TPSA) is 3.24 Å². The van der Waals surface area contributed by atoms with Crippen LogP contribution in [-0.2, 0) is 6.18 Å². The van der Waals surface area contributed by atoms with E-state index in [1.807, 2.05) is 0 Å². The van der Waals surface area contributed by atoms with Crippen molar-refractivity contribution in [3.05, 3.63) is 29.8 Å². The van der Waals surface area contributed by atoms with Gasteiger partial charge in [0.25, 0.3) is 0 Å². The summed E-state index contributed by atoms with van der Waals surface area (Å²) in [5.41, 5.74) is 0.212. The van der Waals surface area contributed by atoms with Crippen molar-refractivity contribution in [2.45, 2.75) is 25.1 Å². The highest BCUT2D eigenvalue weighted by Gasteiger charge is 2.31. The van der Waals surface area contributed by atoms with Gasteiger partial charge in [0.05, 0.1) is 5.56 Å². The molecule has 1 fully saturated rings. The summed E-state index contributed by atoms with van der Waals surface area (Å²) in [5.74, 6) is 0.515. The van der Waals surface area contributed by atoms with E-state index in [0.29, 0.717) is 5.88 Å². The second-order valence-corrected chi connectivity index (χ2v) is 4.50. The largest absolute Gasteiger partial charge is 0.416 e. The molecule has 0 spiro atoms. The SMILES string of the molecule is FC(F)(F)c1ccc(N2CCCC2CCl)cc1. The summed E-state index contributed by atoms with van der Waals surface area (Å²) in [7, 11) is 0. The molecule has 94 valence electrons. The van der Waals surface area contributed by atoms with E-state index in [1.165, 1.54) is 12.1 Å². The van der Waals surface area contributed by atoms with Crippen LogP contribution >= 0.6 is 11.6 Å². The average Bonchev–Trinajstić information content (AvgIpc) is 2.76. The first kappa shape index (κ1) is 12.6. The molecular weight excluding hydrogens is 251 g/mol. The number of rotatable bonds is 2. The van der Waals surface area contributed by atoms with Gasteiger partial charge in [-0.2, -0.15) is 13.2 Å². The molecule has 0 bridgehead atoms. The van der Waals surface area contributed by atoms with Crippen LogP contribution in [0.5, 0.6) is 0 Å². The lowest BCUT2D eigenvalue weighted by Crippen LogP contribution is -2.30. The van der Waals surface area contributed by atoms with Crippen molar-refractivity contribution in [2.24, 2.45) is 0 Å². The van der Waals surface area contributed by atoms with Gasteiger partial charge >= 0.3 is 6.18 Å². The molecule has 1 aliphatic rings. The number of alkyl halides is 4. The smallest absolute Gasteiger partial charge is 0.367 e. The van der Waals surface area contributed by atoms with E-state index in [9.17, 15) is 13.2 Å². The van der Waals surface area contributed by atoms with Crippen molar-refractivity contribution in [1.82, 2.24) is 0 Å². The third-order valence-electron chi connectivity index (χ3n) is 3.08. The quantitative estimate of drug-likeness (QED) is 0.731. The number of benzene rings is 1. The van der Waals surface area contributed by atoms with Crippen LogP contribution in [0.1, 0.15) is 18.4 Å². The molecule has 0 amide bonds. The molecule has 1 aromatic rings. The monoisotopic (exact) mass is 263 g/mol. The summed E-state index contributed by atoms with van der Waals surface area (Å²) in [6.07, 6.45) is -2.22. The molecule has 1 unspecified atom stereocenters. The number of nitrogens with zero attached hydrogens (tertiary/aromatic N) is 1. The van der Waals surface area contributed by atoms with E-state index < -0.39 is 11.7 Å². The summed E-state index contributed by atoms with van der Waals surface area (Å²) in [4.78, 5) is 2.08. The van der Waals surface area contributed by atoms with Gasteiger partial charge in [0.1, 0.15) is 0 Å². The Morgan fingerprint density at radius 1 is 1.24 bits per heavy atom. The van der Waals surface area contributed by atoms with Gasteiger partial charge in [-0.1, -0.05) is 0 Å². The highest BCUT2D eigenvalue weighted by Crippen LogP contribution is 2.32. The maximum atomic E-state index is 12.4. The first-order chi connectivity index (χ1) is 8.02. The second kappa shape index (κ2) is 4.77. The lowest BCUT2D eigenvalue weighted by Gasteiger charge is -2.25. The van der Waals surface area contributed by atoms with Gasteiger partial charge in [-0.25, -0.2) is 0 Å². The van der Waals surface area contributed by atoms with Gasteiger partial charge in [0, 0.05) is 24.2 Å². The van der Waals surface area contributed by atoms with Crippen LogP contribution in [0.2, 0.25) is 0 Å². The fourth-order valence-corrected chi connectivity index (χ4v) is 2.50. The van der Waals surface area contributed by atoms with Crippen LogP contribution in [0, 0.1) is 0 Å². The van der Waals surface area contributed by atoms with E-state index in [1.54, 1.807) is 0 Å². The third kappa shape index (κ3) is 2.68. The first-order valence-corrected chi connectivity index (χ1v) is 6.05. The van der Waals surface area contributed by atoms with Crippen molar-refractivity contribution >= 4 is 17.3 Å². The van der Waals surface area contributed by atoms with Crippen LogP contribution in [-0.4, -0.2) is 18.5 Å². The number of hydrogen-bond donors (Lipinski definition) is 0. The molecule has 0 aliphatic carbocycles. The normalized spacial score (nSPS) is 20.9. The molecule has 0 radical (unpaired) electrons. The van der Waals surface area contributed by atoms with Crippen molar-refractivity contribution in [3.63, 3.8) is 0 Å². The predicted octanol–water partition coefficient (Wildman–Crippen LogP) is 3.91. The molecule has 1 nitrogen and oxygen atoms in total. The summed E-state index contributed by atoms with van der Waals surface area (Å²) in [6.45, 7) is 0.864. The molecule has 1 heterocycles. The van der Waals surface area contributed by atoms with Crippen LogP contribution in [0.15, 0.2) is 24.3 Å². The van der Waals surface area contributed by atoms with Crippen LogP contribution < -0.4 is 4.90 Å². The summed E-state index contributed by atoms with van der Waals surface area (Å²) in [5, 5.41) is 0. The number of hydrogen-bond acceptors (Lipinski definition) is 1. The molecule has 1 aromatic carbocycles. The molecule has 17 heavy (non-hydrogen) atoms. The zero-order valence-corrected chi connectivity index (χ0v) is 9.93. The Morgan fingerprint density at radius 2 is 1.88 bits per heavy atom. The van der Waals surface area contributed by atoms with Gasteiger partial charge < -0.3 is 4.90 Å². The van der Waals surface area contributed by atoms with Crippen LogP contribution in [0.3, 0.4) is 0 Å². The standard InChI is InChI=1S/C12H13ClF3N/c13-8-11-2-1-7-17(11)10-5-3-9(4-6-10)12(14,15)16/h3-6,11H,1-2,7-8H2. The molecule has 0 saturated carbocycles. The minimum Gasteiger partial charge on any atom is -0.367 e. The minimum absolute atomic E-state index is 0.244. The van der Waals surface area contributed by atoms with E-state index in [2.05, 4.69) is 4.90 Å². The zero-order valence-electron chi connectivity index (χ0n) is 9.17. The van der Waals surface area contributed by atoms with E-state index in [0.717, 1.165) is 37.2 Å². The van der Waals surface area contributed by atoms with Gasteiger partial charge in [-0.15, -0.1) is 11.6 Å². The van der Waals surface area contributed by atoms with Gasteiger partial charge in [0.2, 0.25) is 0 Å². The Hall–Kier alpha value is -0.900. The molecule has 1 atom stereocenters. The van der Waals surface area contributed by atoms with E-state index >= 15 is 0 Å². The minimum atomic E-state index is -4.27. The van der Waals surface area contributed by atoms with Crippen molar-refractivity contribution in [3.8, 4) is 0 Å². The van der Waals surface area contributed by atoms with E-state index in [-0.39, 0.29) is 6.04 Å². The van der Waals surface area contributed by atoms with Crippen molar-refractivity contribution in [1.29, 1.82) is 0 Å². The zero-order chi connectivity index (χ0) is 12.5. The highest BCUT2D eigenvalue weighted by atomic mass is 35.5. The van der Waals surface area contributed by atoms with Crippen molar-refractivity contribution < 1.29 is 13.2 Å². The Kier molecular flexibility index (Phi) is 3.52. The van der Waals surface area contributed by atoms with Gasteiger partial charge in [0.15, 0.2) is 0 Å². The summed E-state index contributed by atoms with van der Waals surface area (Å²) in [6, 6.07) is 5.53. The summed E-state index contributed by atoms with van der Waals surface area (Å²) < 4.78 is 37.2. The molecule has 5 heteroatoms.